The molecule has 3 aromatic heterocycles. The first kappa shape index (κ1) is 31.1. The van der Waals surface area contributed by atoms with E-state index >= 15 is 0 Å². The highest BCUT2D eigenvalue weighted by Crippen LogP contribution is 2.38. The molecule has 1 aliphatic heterocycles. The van der Waals surface area contributed by atoms with Crippen molar-refractivity contribution in [1.29, 1.82) is 0 Å². The van der Waals surface area contributed by atoms with E-state index in [-0.39, 0.29) is 12.5 Å². The number of ether oxygens (including phenoxy) is 2. The van der Waals surface area contributed by atoms with E-state index in [1.807, 2.05) is 29.8 Å². The largest absolute Gasteiger partial charge is 0.476 e. The molecule has 7 aromatic rings. The number of aromatic carboxylic acids is 1. The topological polar surface area (TPSA) is 104 Å². The molecule has 236 valence electrons. The number of halogens is 4. The predicted octanol–water partition coefficient (Wildman–Crippen LogP) is 9.07. The van der Waals surface area contributed by atoms with E-state index in [0.29, 0.717) is 55.6 Å². The monoisotopic (exact) mass is 705 g/mol. The molecule has 0 amide bonds. The van der Waals surface area contributed by atoms with Crippen molar-refractivity contribution in [2.45, 2.75) is 20.0 Å². The van der Waals surface area contributed by atoms with E-state index < -0.39 is 5.97 Å². The molecule has 13 heteroatoms. The van der Waals surface area contributed by atoms with Crippen molar-refractivity contribution in [1.82, 2.24) is 24.5 Å². The number of rotatable bonds is 5. The summed E-state index contributed by atoms with van der Waals surface area (Å²) in [7, 11) is 0. The van der Waals surface area contributed by atoms with Gasteiger partial charge in [0.05, 0.1) is 35.3 Å². The van der Waals surface area contributed by atoms with E-state index in [0.717, 1.165) is 38.6 Å². The van der Waals surface area contributed by atoms with Gasteiger partial charge in [-0.1, -0.05) is 64.6 Å². The maximum absolute atomic E-state index is 11.5. The van der Waals surface area contributed by atoms with Gasteiger partial charge in [0, 0.05) is 48.5 Å². The summed E-state index contributed by atoms with van der Waals surface area (Å²) >= 11 is 24.4. The van der Waals surface area contributed by atoms with Crippen molar-refractivity contribution in [3.8, 4) is 11.5 Å². The van der Waals surface area contributed by atoms with E-state index in [1.165, 1.54) is 0 Å². The molecule has 0 unspecified atom stereocenters. The molecular weight excluding hydrogens is 684 g/mol. The molecular formula is C34H23Cl4N5O4. The number of pyridine rings is 1. The Morgan fingerprint density at radius 1 is 0.787 bits per heavy atom. The molecule has 0 saturated carbocycles. The second-order valence-electron chi connectivity index (χ2n) is 10.8. The van der Waals surface area contributed by atoms with Crippen LogP contribution >= 0.6 is 46.4 Å². The maximum Gasteiger partial charge on any atom is 0.357 e. The van der Waals surface area contributed by atoms with Gasteiger partial charge in [0.25, 0.3) is 0 Å². The van der Waals surface area contributed by atoms with Crippen LogP contribution in [0.3, 0.4) is 0 Å². The van der Waals surface area contributed by atoms with Gasteiger partial charge in [0.15, 0.2) is 17.2 Å². The van der Waals surface area contributed by atoms with Crippen molar-refractivity contribution in [2.24, 2.45) is 0 Å². The maximum atomic E-state index is 11.5. The van der Waals surface area contributed by atoms with E-state index in [4.69, 9.17) is 55.9 Å². The molecule has 8 rings (SSSR count). The first-order valence-electron chi connectivity index (χ1n) is 14.3. The van der Waals surface area contributed by atoms with Gasteiger partial charge < -0.3 is 14.6 Å². The summed E-state index contributed by atoms with van der Waals surface area (Å²) in [5.74, 6) is -0.0447. The van der Waals surface area contributed by atoms with Crippen molar-refractivity contribution >= 4 is 85.1 Å². The molecule has 9 nitrogen and oxygen atoms in total. The minimum Gasteiger partial charge on any atom is -0.476 e. The highest BCUT2D eigenvalue weighted by Gasteiger charge is 2.23. The second kappa shape index (κ2) is 12.6. The minimum absolute atomic E-state index is 0.0478. The summed E-state index contributed by atoms with van der Waals surface area (Å²) in [6.07, 6.45) is 1.81. The molecule has 0 saturated heterocycles. The third kappa shape index (κ3) is 6.15. The Morgan fingerprint density at radius 2 is 1.40 bits per heavy atom. The van der Waals surface area contributed by atoms with Gasteiger partial charge in [-0.05, 0) is 66.6 Å². The van der Waals surface area contributed by atoms with Crippen LogP contribution < -0.4 is 9.47 Å². The van der Waals surface area contributed by atoms with Crippen LogP contribution in [-0.2, 0) is 13.1 Å². The molecule has 0 bridgehead atoms. The fraction of sp³-hybridized carbons (Fsp3) is 0.118. The van der Waals surface area contributed by atoms with Gasteiger partial charge in [0.1, 0.15) is 0 Å². The van der Waals surface area contributed by atoms with Crippen molar-refractivity contribution < 1.29 is 19.4 Å². The number of hydrogen-bond donors (Lipinski definition) is 1. The second-order valence-corrected chi connectivity index (χ2v) is 12.5. The number of aryl methyl sites for hydroxylation is 1. The molecule has 4 heterocycles. The lowest BCUT2D eigenvalue weighted by Gasteiger charge is -2.07. The van der Waals surface area contributed by atoms with Crippen LogP contribution in [0.5, 0.6) is 11.5 Å². The number of fused-ring (bicyclic) bond motifs is 4. The SMILES string of the molecule is Cc1nn(Cc2ccc(Cl)cc2Cl)c2cc3cccnc3cc12.O=C(O)c1nn(Cc2ccc(Cl)cc2Cl)c2cc3c(cc12)OCO3. The average Bonchev–Trinajstić information content (AvgIpc) is 3.73. The highest BCUT2D eigenvalue weighted by atomic mass is 35.5. The number of hydrogen-bond acceptors (Lipinski definition) is 6. The van der Waals surface area contributed by atoms with Crippen molar-refractivity contribution in [3.63, 3.8) is 0 Å². The van der Waals surface area contributed by atoms with Gasteiger partial charge in [-0.3, -0.25) is 14.3 Å². The zero-order valence-electron chi connectivity index (χ0n) is 24.5. The van der Waals surface area contributed by atoms with Crippen LogP contribution in [0.15, 0.2) is 79.0 Å². The standard InChI is InChI=1S/C18H13Cl2N3.C16H10Cl2N2O4/c1-11-15-9-17-12(3-2-6-21-17)7-18(15)23(22-11)10-13-4-5-14(19)8-16(13)20;17-9-2-1-8(11(18)3-9)6-20-12-5-14-13(23-7-24-14)4-10(12)15(19-20)16(21)22/h2-9H,10H2,1H3;1-5H,6-7H2,(H,21,22). The normalized spacial score (nSPS) is 12.1. The Hall–Kier alpha value is -4.54. The lowest BCUT2D eigenvalue weighted by molar-refractivity contribution is 0.0691. The summed E-state index contributed by atoms with van der Waals surface area (Å²) in [5.41, 5.74) is 5.39. The molecule has 47 heavy (non-hydrogen) atoms. The van der Waals surface area contributed by atoms with Crippen LogP contribution in [0.2, 0.25) is 20.1 Å². The Kier molecular flexibility index (Phi) is 8.32. The Bertz CT molecular complexity index is 2350. The summed E-state index contributed by atoms with van der Waals surface area (Å²) in [6.45, 7) is 3.03. The van der Waals surface area contributed by atoms with Gasteiger partial charge in [-0.2, -0.15) is 10.2 Å². The average molecular weight is 707 g/mol. The van der Waals surface area contributed by atoms with Gasteiger partial charge in [-0.15, -0.1) is 0 Å². The third-order valence-corrected chi connectivity index (χ3v) is 8.95. The Balaban J connectivity index is 0.000000150. The van der Waals surface area contributed by atoms with Gasteiger partial charge in [-0.25, -0.2) is 4.79 Å². The van der Waals surface area contributed by atoms with Crippen molar-refractivity contribution in [2.75, 3.05) is 6.79 Å². The first-order valence-corrected chi connectivity index (χ1v) is 15.8. The summed E-state index contributed by atoms with van der Waals surface area (Å²) < 4.78 is 14.2. The summed E-state index contributed by atoms with van der Waals surface area (Å²) in [5, 5.41) is 23.3. The van der Waals surface area contributed by atoms with Crippen LogP contribution in [0.4, 0.5) is 0 Å². The van der Waals surface area contributed by atoms with Gasteiger partial charge in [0.2, 0.25) is 6.79 Å². The zero-order valence-corrected chi connectivity index (χ0v) is 27.6. The Morgan fingerprint density at radius 3 is 2.04 bits per heavy atom. The quantitative estimate of drug-likeness (QED) is 0.190. The predicted molar refractivity (Wildman–Crippen MR) is 184 cm³/mol. The first-order chi connectivity index (χ1) is 22.6. The number of nitrogens with zero attached hydrogens (tertiary/aromatic N) is 5. The van der Waals surface area contributed by atoms with Crippen LogP contribution in [0.1, 0.15) is 27.3 Å². The molecule has 0 aliphatic carbocycles. The lowest BCUT2D eigenvalue weighted by Crippen LogP contribution is -2.05. The molecule has 1 N–H and O–H groups in total. The van der Waals surface area contributed by atoms with Crippen molar-refractivity contribution in [3.05, 3.63) is 122 Å². The number of carboxylic acids is 1. The molecule has 4 aromatic carbocycles. The minimum atomic E-state index is -1.11. The molecule has 0 atom stereocenters. The number of carboxylic acid groups (broad SMARTS) is 1. The number of benzene rings is 4. The smallest absolute Gasteiger partial charge is 0.357 e. The summed E-state index contributed by atoms with van der Waals surface area (Å²) in [4.78, 5) is 15.9. The number of aromatic nitrogens is 5. The molecule has 0 radical (unpaired) electrons. The van der Waals surface area contributed by atoms with E-state index in [2.05, 4.69) is 33.4 Å². The van der Waals surface area contributed by atoms with E-state index in [1.54, 1.807) is 47.3 Å². The molecule has 1 aliphatic rings. The fourth-order valence-electron chi connectivity index (χ4n) is 5.48. The third-order valence-electron chi connectivity index (χ3n) is 7.78. The van der Waals surface area contributed by atoms with E-state index in [9.17, 15) is 9.90 Å². The molecule has 0 fully saturated rings. The lowest BCUT2D eigenvalue weighted by atomic mass is 10.1. The van der Waals surface area contributed by atoms with Crippen LogP contribution in [0.25, 0.3) is 32.7 Å². The summed E-state index contributed by atoms with van der Waals surface area (Å²) in [6, 6.07) is 22.3. The molecule has 0 spiro atoms. The number of carbonyl (C=O) groups is 1. The van der Waals surface area contributed by atoms with Gasteiger partial charge >= 0.3 is 5.97 Å². The van der Waals surface area contributed by atoms with Crippen LogP contribution in [0, 0.1) is 6.92 Å². The fourth-order valence-corrected chi connectivity index (χ4v) is 6.42. The Labute approximate surface area is 287 Å². The zero-order chi connectivity index (χ0) is 32.8. The van der Waals surface area contributed by atoms with Crippen LogP contribution in [-0.4, -0.2) is 42.4 Å². The highest BCUT2D eigenvalue weighted by molar-refractivity contribution is 6.35.